The van der Waals surface area contributed by atoms with E-state index >= 15 is 0 Å². The molecule has 0 saturated carbocycles. The van der Waals surface area contributed by atoms with E-state index in [9.17, 15) is 4.79 Å². The maximum Gasteiger partial charge on any atom is 0.226 e. The highest BCUT2D eigenvalue weighted by molar-refractivity contribution is 7.99. The number of hydrogen-bond donors (Lipinski definition) is 2. The van der Waals surface area contributed by atoms with Gasteiger partial charge in [-0.3, -0.25) is 9.89 Å². The number of thioether (sulfide) groups is 1. The molecule has 0 aliphatic carbocycles. The first-order valence-electron chi connectivity index (χ1n) is 6.71. The van der Waals surface area contributed by atoms with Gasteiger partial charge in [-0.05, 0) is 25.5 Å². The molecule has 5 heteroatoms. The number of benzene rings is 1. The Labute approximate surface area is 123 Å². The molecule has 2 rings (SSSR count). The lowest BCUT2D eigenvalue weighted by molar-refractivity contribution is -0.115. The molecule has 2 N–H and O–H groups in total. The molecule has 0 fully saturated rings. The van der Waals surface area contributed by atoms with Gasteiger partial charge < -0.3 is 5.32 Å². The molecule has 0 radical (unpaired) electrons. The highest BCUT2D eigenvalue weighted by Gasteiger charge is 2.05. The number of carbonyl (C=O) groups is 1. The van der Waals surface area contributed by atoms with Gasteiger partial charge >= 0.3 is 0 Å². The van der Waals surface area contributed by atoms with Crippen molar-refractivity contribution in [3.63, 3.8) is 0 Å². The van der Waals surface area contributed by atoms with E-state index in [0.717, 1.165) is 17.9 Å². The molecule has 1 aromatic heterocycles. The van der Waals surface area contributed by atoms with Crippen LogP contribution in [-0.4, -0.2) is 21.9 Å². The third-order valence-corrected chi connectivity index (χ3v) is 3.91. The first-order chi connectivity index (χ1) is 9.67. The summed E-state index contributed by atoms with van der Waals surface area (Å²) in [4.78, 5) is 13.0. The molecule has 1 aromatic carbocycles. The molecule has 0 spiro atoms. The van der Waals surface area contributed by atoms with E-state index in [1.807, 2.05) is 13.0 Å². The van der Waals surface area contributed by atoms with Gasteiger partial charge in [-0.25, -0.2) is 0 Å². The van der Waals surface area contributed by atoms with Crippen molar-refractivity contribution >= 4 is 23.5 Å². The molecule has 20 heavy (non-hydrogen) atoms. The SMILES string of the molecule is CCc1cc(NC(=O)CCSc2ccc(C)cc2)n[nH]1. The van der Waals surface area contributed by atoms with Crippen LogP contribution in [0.2, 0.25) is 0 Å². The van der Waals surface area contributed by atoms with Gasteiger partial charge in [-0.15, -0.1) is 11.8 Å². The van der Waals surface area contributed by atoms with Crippen molar-refractivity contribution in [3.8, 4) is 0 Å². The van der Waals surface area contributed by atoms with Crippen LogP contribution in [0.4, 0.5) is 5.82 Å². The lowest BCUT2D eigenvalue weighted by Crippen LogP contribution is -2.12. The van der Waals surface area contributed by atoms with E-state index in [-0.39, 0.29) is 5.91 Å². The summed E-state index contributed by atoms with van der Waals surface area (Å²) in [6, 6.07) is 10.2. The Balaban J connectivity index is 1.73. The van der Waals surface area contributed by atoms with Crippen LogP contribution in [-0.2, 0) is 11.2 Å². The molecule has 0 atom stereocenters. The second-order valence-electron chi connectivity index (χ2n) is 4.59. The number of hydrogen-bond acceptors (Lipinski definition) is 3. The summed E-state index contributed by atoms with van der Waals surface area (Å²) in [5, 5.41) is 9.71. The van der Waals surface area contributed by atoms with E-state index in [4.69, 9.17) is 0 Å². The molecule has 0 bridgehead atoms. The number of amides is 1. The summed E-state index contributed by atoms with van der Waals surface area (Å²) in [5.41, 5.74) is 2.27. The standard InChI is InChI=1S/C15H19N3OS/c1-3-12-10-14(18-17-12)16-15(19)8-9-20-13-6-4-11(2)5-7-13/h4-7,10H,3,8-9H2,1-2H3,(H2,16,17,18,19). The minimum absolute atomic E-state index is 0.00114. The fraction of sp³-hybridized carbons (Fsp3) is 0.333. The van der Waals surface area contributed by atoms with E-state index < -0.39 is 0 Å². The zero-order valence-electron chi connectivity index (χ0n) is 11.8. The summed E-state index contributed by atoms with van der Waals surface area (Å²) in [6.45, 7) is 4.10. The molecule has 4 nitrogen and oxygen atoms in total. The molecule has 0 aliphatic heterocycles. The van der Waals surface area contributed by atoms with Crippen LogP contribution >= 0.6 is 11.8 Å². The van der Waals surface area contributed by atoms with Gasteiger partial charge in [0.1, 0.15) is 0 Å². The second kappa shape index (κ2) is 7.14. The van der Waals surface area contributed by atoms with Crippen molar-refractivity contribution in [2.24, 2.45) is 0 Å². The molecule has 1 heterocycles. The Morgan fingerprint density at radius 1 is 1.35 bits per heavy atom. The number of anilines is 1. The van der Waals surface area contributed by atoms with Crippen LogP contribution in [0, 0.1) is 6.92 Å². The van der Waals surface area contributed by atoms with Gasteiger partial charge in [0.25, 0.3) is 0 Å². The predicted molar refractivity (Wildman–Crippen MR) is 83.1 cm³/mol. The first kappa shape index (κ1) is 14.7. The highest BCUT2D eigenvalue weighted by atomic mass is 32.2. The number of aryl methyl sites for hydroxylation is 2. The molecular formula is C15H19N3OS. The lowest BCUT2D eigenvalue weighted by Gasteiger charge is -2.03. The van der Waals surface area contributed by atoms with Crippen LogP contribution in [0.25, 0.3) is 0 Å². The Morgan fingerprint density at radius 3 is 2.75 bits per heavy atom. The topological polar surface area (TPSA) is 57.8 Å². The van der Waals surface area contributed by atoms with Gasteiger partial charge in [0, 0.05) is 28.8 Å². The normalized spacial score (nSPS) is 10.5. The second-order valence-corrected chi connectivity index (χ2v) is 5.76. The van der Waals surface area contributed by atoms with E-state index in [1.54, 1.807) is 11.8 Å². The fourth-order valence-electron chi connectivity index (χ4n) is 1.71. The molecule has 1 amide bonds. The minimum atomic E-state index is -0.00114. The molecular weight excluding hydrogens is 270 g/mol. The van der Waals surface area contributed by atoms with Crippen LogP contribution in [0.3, 0.4) is 0 Å². The first-order valence-corrected chi connectivity index (χ1v) is 7.69. The highest BCUT2D eigenvalue weighted by Crippen LogP contribution is 2.19. The molecule has 0 saturated heterocycles. The summed E-state index contributed by atoms with van der Waals surface area (Å²) < 4.78 is 0. The quantitative estimate of drug-likeness (QED) is 0.801. The van der Waals surface area contributed by atoms with E-state index in [2.05, 4.69) is 46.7 Å². The predicted octanol–water partition coefficient (Wildman–Crippen LogP) is 3.40. The van der Waals surface area contributed by atoms with Gasteiger partial charge in [-0.1, -0.05) is 24.6 Å². The zero-order chi connectivity index (χ0) is 14.4. The number of aromatic amines is 1. The lowest BCUT2D eigenvalue weighted by atomic mass is 10.2. The van der Waals surface area contributed by atoms with E-state index in [1.165, 1.54) is 10.5 Å². The van der Waals surface area contributed by atoms with Crippen molar-refractivity contribution < 1.29 is 4.79 Å². The van der Waals surface area contributed by atoms with Crippen LogP contribution in [0.5, 0.6) is 0 Å². The van der Waals surface area contributed by atoms with Crippen molar-refractivity contribution in [1.29, 1.82) is 0 Å². The van der Waals surface area contributed by atoms with Gasteiger partial charge in [-0.2, -0.15) is 5.10 Å². The van der Waals surface area contributed by atoms with Crippen molar-refractivity contribution in [3.05, 3.63) is 41.6 Å². The van der Waals surface area contributed by atoms with Crippen LogP contribution in [0.15, 0.2) is 35.2 Å². The number of rotatable bonds is 6. The fourth-order valence-corrected chi connectivity index (χ4v) is 2.56. The smallest absolute Gasteiger partial charge is 0.226 e. The van der Waals surface area contributed by atoms with Crippen molar-refractivity contribution in [2.75, 3.05) is 11.1 Å². The van der Waals surface area contributed by atoms with Crippen molar-refractivity contribution in [2.45, 2.75) is 31.6 Å². The van der Waals surface area contributed by atoms with Gasteiger partial charge in [0.2, 0.25) is 5.91 Å². The van der Waals surface area contributed by atoms with Gasteiger partial charge in [0.15, 0.2) is 5.82 Å². The Bertz CT molecular complexity index is 563. The summed E-state index contributed by atoms with van der Waals surface area (Å²) >= 11 is 1.69. The molecule has 106 valence electrons. The molecule has 2 aromatic rings. The average Bonchev–Trinajstić information content (AvgIpc) is 2.88. The molecule has 0 unspecified atom stereocenters. The number of aromatic nitrogens is 2. The third kappa shape index (κ3) is 4.42. The summed E-state index contributed by atoms with van der Waals surface area (Å²) in [5.74, 6) is 1.37. The van der Waals surface area contributed by atoms with Gasteiger partial charge in [0.05, 0.1) is 0 Å². The Morgan fingerprint density at radius 2 is 2.10 bits per heavy atom. The Kier molecular flexibility index (Phi) is 5.24. The third-order valence-electron chi connectivity index (χ3n) is 2.90. The Hall–Kier alpha value is -1.75. The zero-order valence-corrected chi connectivity index (χ0v) is 12.6. The summed E-state index contributed by atoms with van der Waals surface area (Å²) in [6.07, 6.45) is 1.36. The number of H-pyrrole nitrogens is 1. The monoisotopic (exact) mass is 289 g/mol. The maximum atomic E-state index is 11.8. The van der Waals surface area contributed by atoms with Crippen LogP contribution < -0.4 is 5.32 Å². The number of nitrogens with one attached hydrogen (secondary N) is 2. The summed E-state index contributed by atoms with van der Waals surface area (Å²) in [7, 11) is 0. The largest absolute Gasteiger partial charge is 0.309 e. The minimum Gasteiger partial charge on any atom is -0.309 e. The maximum absolute atomic E-state index is 11.8. The van der Waals surface area contributed by atoms with E-state index in [0.29, 0.717) is 12.2 Å². The van der Waals surface area contributed by atoms with Crippen molar-refractivity contribution in [1.82, 2.24) is 10.2 Å². The molecule has 0 aliphatic rings. The van der Waals surface area contributed by atoms with Crippen LogP contribution in [0.1, 0.15) is 24.6 Å². The average molecular weight is 289 g/mol. The number of nitrogens with zero attached hydrogens (tertiary/aromatic N) is 1. The number of carbonyl (C=O) groups excluding carboxylic acids is 1.